The van der Waals surface area contributed by atoms with Crippen molar-refractivity contribution in [2.24, 2.45) is 0 Å². The van der Waals surface area contributed by atoms with Crippen LogP contribution in [0.4, 0.5) is 5.69 Å². The number of benzene rings is 2. The van der Waals surface area contributed by atoms with Crippen molar-refractivity contribution in [2.75, 3.05) is 11.4 Å². The van der Waals surface area contributed by atoms with Gasteiger partial charge in [0.15, 0.2) is 0 Å². The van der Waals surface area contributed by atoms with Gasteiger partial charge in [0.2, 0.25) is 11.8 Å². The summed E-state index contributed by atoms with van der Waals surface area (Å²) < 4.78 is 6.82. The maximum atomic E-state index is 5.82. The van der Waals surface area contributed by atoms with Gasteiger partial charge >= 0.3 is 0 Å². The van der Waals surface area contributed by atoms with E-state index in [1.54, 1.807) is 0 Å². The molecule has 0 saturated carbocycles. The van der Waals surface area contributed by atoms with Crippen LogP contribution in [0.15, 0.2) is 57.4 Å². The van der Waals surface area contributed by atoms with E-state index in [1.165, 1.54) is 11.3 Å². The van der Waals surface area contributed by atoms with E-state index in [-0.39, 0.29) is 0 Å². The van der Waals surface area contributed by atoms with Gasteiger partial charge in [-0.3, -0.25) is 0 Å². The molecule has 5 heteroatoms. The third kappa shape index (κ3) is 2.52. The summed E-state index contributed by atoms with van der Waals surface area (Å²) in [5.41, 5.74) is 3.58. The number of hydrogen-bond acceptors (Lipinski definition) is 4. The molecule has 3 aromatic rings. The van der Waals surface area contributed by atoms with E-state index in [4.69, 9.17) is 4.42 Å². The van der Waals surface area contributed by atoms with Gasteiger partial charge in [-0.2, -0.15) is 0 Å². The maximum absolute atomic E-state index is 5.82. The molecule has 0 fully saturated rings. The molecule has 0 aliphatic carbocycles. The summed E-state index contributed by atoms with van der Waals surface area (Å²) in [6.45, 7) is 1.64. The van der Waals surface area contributed by atoms with Crippen molar-refractivity contribution >= 4 is 21.6 Å². The number of para-hydroxylation sites is 1. The predicted molar refractivity (Wildman–Crippen MR) is 88.6 cm³/mol. The zero-order valence-electron chi connectivity index (χ0n) is 11.9. The van der Waals surface area contributed by atoms with Gasteiger partial charge in [-0.05, 0) is 36.2 Å². The highest BCUT2D eigenvalue weighted by Crippen LogP contribution is 2.29. The third-order valence-electron chi connectivity index (χ3n) is 3.85. The lowest BCUT2D eigenvalue weighted by molar-refractivity contribution is 0.500. The lowest BCUT2D eigenvalue weighted by Crippen LogP contribution is -2.19. The van der Waals surface area contributed by atoms with E-state index in [0.29, 0.717) is 18.3 Å². The molecule has 1 aliphatic heterocycles. The van der Waals surface area contributed by atoms with Gasteiger partial charge in [-0.25, -0.2) is 0 Å². The maximum Gasteiger partial charge on any atom is 0.247 e. The Kier molecular flexibility index (Phi) is 3.42. The van der Waals surface area contributed by atoms with Crippen molar-refractivity contribution in [2.45, 2.75) is 13.0 Å². The van der Waals surface area contributed by atoms with E-state index in [2.05, 4.69) is 55.3 Å². The Hall–Kier alpha value is -2.14. The molecular weight excluding hydrogens is 342 g/mol. The second-order valence-electron chi connectivity index (χ2n) is 5.31. The molecular formula is C17H14BrN3O. The first-order valence-corrected chi connectivity index (χ1v) is 8.00. The van der Waals surface area contributed by atoms with Gasteiger partial charge in [0, 0.05) is 22.3 Å². The fourth-order valence-electron chi connectivity index (χ4n) is 2.79. The first kappa shape index (κ1) is 13.5. The molecule has 0 amide bonds. The first-order chi connectivity index (χ1) is 10.8. The number of nitrogens with zero attached hydrogens (tertiary/aromatic N) is 3. The summed E-state index contributed by atoms with van der Waals surface area (Å²) in [5, 5.41) is 8.35. The van der Waals surface area contributed by atoms with Crippen LogP contribution in [0.1, 0.15) is 11.5 Å². The van der Waals surface area contributed by atoms with Crippen molar-refractivity contribution in [3.8, 4) is 11.5 Å². The smallest absolute Gasteiger partial charge is 0.247 e. The van der Waals surface area contributed by atoms with Crippen LogP contribution in [0.5, 0.6) is 0 Å². The van der Waals surface area contributed by atoms with Gasteiger partial charge in [0.1, 0.15) is 0 Å². The largest absolute Gasteiger partial charge is 0.419 e. The molecule has 4 rings (SSSR count). The summed E-state index contributed by atoms with van der Waals surface area (Å²) in [6, 6.07) is 16.3. The Labute approximate surface area is 136 Å². The third-order valence-corrected chi connectivity index (χ3v) is 4.34. The Bertz CT molecular complexity index is 815. The van der Waals surface area contributed by atoms with Gasteiger partial charge in [-0.15, -0.1) is 10.2 Å². The molecule has 4 nitrogen and oxygen atoms in total. The molecule has 0 atom stereocenters. The van der Waals surface area contributed by atoms with Crippen LogP contribution in [0.2, 0.25) is 0 Å². The number of hydrogen-bond donors (Lipinski definition) is 0. The number of aromatic nitrogens is 2. The summed E-state index contributed by atoms with van der Waals surface area (Å²) >= 11 is 3.46. The lowest BCUT2D eigenvalue weighted by atomic mass is 10.2. The fourth-order valence-corrected chi connectivity index (χ4v) is 3.19. The van der Waals surface area contributed by atoms with Crippen LogP contribution in [0.25, 0.3) is 11.5 Å². The van der Waals surface area contributed by atoms with Crippen molar-refractivity contribution in [1.82, 2.24) is 10.2 Å². The van der Waals surface area contributed by atoms with Crippen molar-refractivity contribution < 1.29 is 4.42 Å². The SMILES string of the molecule is Brc1cccc(-c2nnc(CN3CCc4ccccc43)o2)c1. The minimum absolute atomic E-state index is 0.559. The normalized spacial score (nSPS) is 13.4. The van der Waals surface area contributed by atoms with Crippen LogP contribution >= 0.6 is 15.9 Å². The van der Waals surface area contributed by atoms with Gasteiger partial charge in [0.25, 0.3) is 0 Å². The highest BCUT2D eigenvalue weighted by molar-refractivity contribution is 9.10. The minimum atomic E-state index is 0.559. The average Bonchev–Trinajstić information content (AvgIpc) is 3.16. The van der Waals surface area contributed by atoms with Crippen LogP contribution in [-0.2, 0) is 13.0 Å². The van der Waals surface area contributed by atoms with Gasteiger partial charge in [0.05, 0.1) is 6.54 Å². The van der Waals surface area contributed by atoms with E-state index in [9.17, 15) is 0 Å². The monoisotopic (exact) mass is 355 g/mol. The molecule has 0 radical (unpaired) electrons. The van der Waals surface area contributed by atoms with E-state index < -0.39 is 0 Å². The quantitative estimate of drug-likeness (QED) is 0.710. The lowest BCUT2D eigenvalue weighted by Gasteiger charge is -2.16. The van der Waals surface area contributed by atoms with Crippen molar-refractivity contribution in [3.63, 3.8) is 0 Å². The van der Waals surface area contributed by atoms with E-state index in [1.807, 2.05) is 24.3 Å². The Morgan fingerprint density at radius 2 is 2.00 bits per heavy atom. The molecule has 2 aromatic carbocycles. The number of anilines is 1. The Balaban J connectivity index is 1.56. The zero-order chi connectivity index (χ0) is 14.9. The summed E-state index contributed by atoms with van der Waals surface area (Å²) in [7, 11) is 0. The fraction of sp³-hybridized carbons (Fsp3) is 0.176. The van der Waals surface area contributed by atoms with Crippen LogP contribution < -0.4 is 4.90 Å². The number of rotatable bonds is 3. The minimum Gasteiger partial charge on any atom is -0.419 e. The Morgan fingerprint density at radius 1 is 1.09 bits per heavy atom. The summed E-state index contributed by atoms with van der Waals surface area (Å²) in [5.74, 6) is 1.20. The van der Waals surface area contributed by atoms with Gasteiger partial charge < -0.3 is 9.32 Å². The number of halogens is 1. The molecule has 110 valence electrons. The molecule has 1 aromatic heterocycles. The zero-order valence-corrected chi connectivity index (χ0v) is 13.5. The highest BCUT2D eigenvalue weighted by atomic mass is 79.9. The standard InChI is InChI=1S/C17H14BrN3O/c18-14-6-3-5-13(10-14)17-20-19-16(22-17)11-21-9-8-12-4-1-2-7-15(12)21/h1-7,10H,8-9,11H2. The van der Waals surface area contributed by atoms with Crippen molar-refractivity contribution in [1.29, 1.82) is 0 Å². The molecule has 0 N–H and O–H groups in total. The van der Waals surface area contributed by atoms with Crippen molar-refractivity contribution in [3.05, 3.63) is 64.5 Å². The van der Waals surface area contributed by atoms with E-state index >= 15 is 0 Å². The van der Waals surface area contributed by atoms with Crippen LogP contribution in [-0.4, -0.2) is 16.7 Å². The van der Waals surface area contributed by atoms with Crippen LogP contribution in [0.3, 0.4) is 0 Å². The molecule has 0 spiro atoms. The summed E-state index contributed by atoms with van der Waals surface area (Å²) in [6.07, 6.45) is 1.07. The molecule has 22 heavy (non-hydrogen) atoms. The van der Waals surface area contributed by atoms with Crippen LogP contribution in [0, 0.1) is 0 Å². The van der Waals surface area contributed by atoms with Gasteiger partial charge in [-0.1, -0.05) is 40.2 Å². The van der Waals surface area contributed by atoms with E-state index in [0.717, 1.165) is 23.0 Å². The molecule has 0 unspecified atom stereocenters. The molecule has 0 saturated heterocycles. The first-order valence-electron chi connectivity index (χ1n) is 7.21. The predicted octanol–water partition coefficient (Wildman–Crippen LogP) is 4.06. The Morgan fingerprint density at radius 3 is 2.91 bits per heavy atom. The molecule has 0 bridgehead atoms. The molecule has 2 heterocycles. The second kappa shape index (κ2) is 5.57. The highest BCUT2D eigenvalue weighted by Gasteiger charge is 2.20. The topological polar surface area (TPSA) is 42.2 Å². The number of fused-ring (bicyclic) bond motifs is 1. The summed E-state index contributed by atoms with van der Waals surface area (Å²) in [4.78, 5) is 2.29. The second-order valence-corrected chi connectivity index (χ2v) is 6.23. The molecule has 1 aliphatic rings. The average molecular weight is 356 g/mol.